The van der Waals surface area contributed by atoms with Crippen molar-refractivity contribution in [2.24, 2.45) is 5.84 Å². The van der Waals surface area contributed by atoms with Gasteiger partial charge in [0.1, 0.15) is 0 Å². The van der Waals surface area contributed by atoms with Crippen molar-refractivity contribution >= 4 is 29.4 Å². The van der Waals surface area contributed by atoms with E-state index in [0.717, 1.165) is 0 Å². The number of nitrogens with zero attached hydrogens (tertiary/aromatic N) is 5. The Labute approximate surface area is 83.1 Å². The van der Waals surface area contributed by atoms with Crippen molar-refractivity contribution in [2.45, 2.75) is 5.16 Å². The molecular formula is C5H8N8S. The highest BCUT2D eigenvalue weighted by molar-refractivity contribution is 7.98. The number of hydrogen-bond donors (Lipinski definition) is 3. The van der Waals surface area contributed by atoms with Crippen molar-refractivity contribution in [1.29, 1.82) is 0 Å². The molecular weight excluding hydrogens is 204 g/mol. The average Bonchev–Trinajstić information content (AvgIpc) is 2.59. The first-order chi connectivity index (χ1) is 6.76. The van der Waals surface area contributed by atoms with Crippen LogP contribution in [0, 0.1) is 0 Å². The Morgan fingerprint density at radius 2 is 2.14 bits per heavy atom. The molecule has 2 rings (SSSR count). The molecule has 0 atom stereocenters. The van der Waals surface area contributed by atoms with Crippen LogP contribution in [-0.2, 0) is 0 Å². The van der Waals surface area contributed by atoms with E-state index in [4.69, 9.17) is 11.6 Å². The van der Waals surface area contributed by atoms with Gasteiger partial charge >= 0.3 is 0 Å². The van der Waals surface area contributed by atoms with Gasteiger partial charge in [-0.25, -0.2) is 10.2 Å². The molecule has 0 aliphatic heterocycles. The fourth-order valence-corrected chi connectivity index (χ4v) is 1.57. The van der Waals surface area contributed by atoms with Gasteiger partial charge in [0.25, 0.3) is 5.78 Å². The first-order valence-corrected chi connectivity index (χ1v) is 4.88. The Morgan fingerprint density at radius 3 is 2.79 bits per heavy atom. The maximum Gasteiger partial charge on any atom is 0.261 e. The molecule has 2 aromatic heterocycles. The zero-order chi connectivity index (χ0) is 10.1. The lowest BCUT2D eigenvalue weighted by Crippen LogP contribution is -2.12. The minimum atomic E-state index is 0.165. The highest BCUT2D eigenvalue weighted by Crippen LogP contribution is 2.17. The van der Waals surface area contributed by atoms with Gasteiger partial charge in [-0.1, -0.05) is 11.8 Å². The van der Waals surface area contributed by atoms with Crippen LogP contribution in [0.2, 0.25) is 0 Å². The van der Waals surface area contributed by atoms with E-state index in [1.807, 2.05) is 6.26 Å². The Balaban J connectivity index is 2.78. The summed E-state index contributed by atoms with van der Waals surface area (Å²) in [5.74, 6) is 6.17. The summed E-state index contributed by atoms with van der Waals surface area (Å²) in [6.07, 6.45) is 1.86. The molecule has 0 spiro atoms. The fraction of sp³-hybridized carbons (Fsp3) is 0.200. The fourth-order valence-electron chi connectivity index (χ4n) is 1.03. The second-order valence-corrected chi connectivity index (χ2v) is 3.15. The van der Waals surface area contributed by atoms with Crippen molar-refractivity contribution in [3.05, 3.63) is 0 Å². The maximum absolute atomic E-state index is 5.48. The van der Waals surface area contributed by atoms with Crippen molar-refractivity contribution in [3.8, 4) is 0 Å². The number of hydrazine groups is 1. The number of aromatic nitrogens is 5. The van der Waals surface area contributed by atoms with Gasteiger partial charge < -0.3 is 5.73 Å². The van der Waals surface area contributed by atoms with Crippen molar-refractivity contribution < 1.29 is 0 Å². The molecule has 74 valence electrons. The molecule has 0 aliphatic carbocycles. The van der Waals surface area contributed by atoms with E-state index in [1.54, 1.807) is 4.40 Å². The monoisotopic (exact) mass is 212 g/mol. The second-order valence-electron chi connectivity index (χ2n) is 2.37. The molecule has 2 heterocycles. The number of nitrogens with one attached hydrogen (secondary N) is 1. The first-order valence-electron chi connectivity index (χ1n) is 3.65. The summed E-state index contributed by atoms with van der Waals surface area (Å²) in [5, 5.41) is 8.18. The Hall–Kier alpha value is -1.61. The zero-order valence-electron chi connectivity index (χ0n) is 7.30. The lowest BCUT2D eigenvalue weighted by atomic mass is 10.8. The van der Waals surface area contributed by atoms with E-state index < -0.39 is 0 Å². The second kappa shape index (κ2) is 3.27. The van der Waals surface area contributed by atoms with Crippen LogP contribution in [0.25, 0.3) is 5.78 Å². The number of thioether (sulfide) groups is 1. The van der Waals surface area contributed by atoms with E-state index in [1.165, 1.54) is 11.8 Å². The number of hydrogen-bond acceptors (Lipinski definition) is 8. The minimum absolute atomic E-state index is 0.165. The first kappa shape index (κ1) is 8.97. The molecule has 0 saturated heterocycles. The Kier molecular flexibility index (Phi) is 2.09. The van der Waals surface area contributed by atoms with E-state index in [2.05, 4.69) is 25.6 Å². The summed E-state index contributed by atoms with van der Waals surface area (Å²) in [5.41, 5.74) is 7.88. The van der Waals surface area contributed by atoms with E-state index in [-0.39, 0.29) is 5.95 Å². The molecule has 5 N–H and O–H groups in total. The molecule has 9 heteroatoms. The maximum atomic E-state index is 5.48. The van der Waals surface area contributed by atoms with Gasteiger partial charge in [0.2, 0.25) is 11.9 Å². The summed E-state index contributed by atoms with van der Waals surface area (Å²) in [6.45, 7) is 0. The summed E-state index contributed by atoms with van der Waals surface area (Å²) in [7, 11) is 0. The lowest BCUT2D eigenvalue weighted by molar-refractivity contribution is 0.872. The van der Waals surface area contributed by atoms with Gasteiger partial charge in [-0.2, -0.15) is 9.97 Å². The number of anilines is 2. The van der Waals surface area contributed by atoms with Crippen molar-refractivity contribution in [1.82, 2.24) is 24.6 Å². The summed E-state index contributed by atoms with van der Waals surface area (Å²) in [6, 6.07) is 0. The Bertz CT molecular complexity index is 464. The normalized spacial score (nSPS) is 10.7. The van der Waals surface area contributed by atoms with Gasteiger partial charge in [0.05, 0.1) is 0 Å². The third kappa shape index (κ3) is 1.22. The lowest BCUT2D eigenvalue weighted by Gasteiger charge is -2.02. The van der Waals surface area contributed by atoms with Crippen molar-refractivity contribution in [3.63, 3.8) is 0 Å². The molecule has 0 amide bonds. The van der Waals surface area contributed by atoms with Crippen LogP contribution in [-0.4, -0.2) is 30.8 Å². The third-order valence-electron chi connectivity index (χ3n) is 1.57. The quantitative estimate of drug-likeness (QED) is 0.333. The number of nitrogen functional groups attached to an aromatic ring is 2. The SMILES string of the molecule is CSc1nc(N)nc2nnc(NN)n12. The molecule has 0 saturated carbocycles. The number of rotatable bonds is 2. The molecule has 0 aliphatic rings. The molecule has 0 fully saturated rings. The molecule has 0 bridgehead atoms. The largest absolute Gasteiger partial charge is 0.368 e. The molecule has 8 nitrogen and oxygen atoms in total. The standard InChI is InChI=1S/C5H8N8S/c1-14-5-9-2(6)8-3-11-12-4(10-7)13(3)5/h7H2,1H3,(H,10,12)(H2,6,8,11). The number of fused-ring (bicyclic) bond motifs is 1. The molecule has 2 aromatic rings. The highest BCUT2D eigenvalue weighted by atomic mass is 32.2. The van der Waals surface area contributed by atoms with E-state index >= 15 is 0 Å². The topological polar surface area (TPSA) is 120 Å². The summed E-state index contributed by atoms with van der Waals surface area (Å²) < 4.78 is 1.58. The molecule has 0 radical (unpaired) electrons. The van der Waals surface area contributed by atoms with E-state index in [9.17, 15) is 0 Å². The molecule has 0 aromatic carbocycles. The van der Waals surface area contributed by atoms with Gasteiger partial charge in [-0.15, -0.1) is 10.2 Å². The van der Waals surface area contributed by atoms with Crippen LogP contribution in [0.5, 0.6) is 0 Å². The highest BCUT2D eigenvalue weighted by Gasteiger charge is 2.11. The van der Waals surface area contributed by atoms with Crippen LogP contribution < -0.4 is 17.0 Å². The van der Waals surface area contributed by atoms with Crippen molar-refractivity contribution in [2.75, 3.05) is 17.4 Å². The van der Waals surface area contributed by atoms with Gasteiger partial charge in [-0.05, 0) is 6.26 Å². The van der Waals surface area contributed by atoms with Gasteiger partial charge in [0, 0.05) is 0 Å². The average molecular weight is 212 g/mol. The van der Waals surface area contributed by atoms with Crippen LogP contribution in [0.4, 0.5) is 11.9 Å². The smallest absolute Gasteiger partial charge is 0.261 e. The third-order valence-corrected chi connectivity index (χ3v) is 2.21. The van der Waals surface area contributed by atoms with Crippen LogP contribution in [0.15, 0.2) is 5.16 Å². The predicted octanol–water partition coefficient (Wildman–Crippen LogP) is -0.891. The van der Waals surface area contributed by atoms with E-state index in [0.29, 0.717) is 16.9 Å². The van der Waals surface area contributed by atoms with Crippen LogP contribution in [0.1, 0.15) is 0 Å². The zero-order valence-corrected chi connectivity index (χ0v) is 8.12. The Morgan fingerprint density at radius 1 is 1.36 bits per heavy atom. The molecule has 14 heavy (non-hydrogen) atoms. The number of nitrogens with two attached hydrogens (primary N) is 2. The summed E-state index contributed by atoms with van der Waals surface area (Å²) in [4.78, 5) is 7.92. The minimum Gasteiger partial charge on any atom is -0.368 e. The van der Waals surface area contributed by atoms with Crippen LogP contribution >= 0.6 is 11.8 Å². The summed E-state index contributed by atoms with van der Waals surface area (Å²) >= 11 is 1.40. The van der Waals surface area contributed by atoms with Gasteiger partial charge in [-0.3, -0.25) is 5.43 Å². The molecule has 0 unspecified atom stereocenters. The predicted molar refractivity (Wildman–Crippen MR) is 52.6 cm³/mol. The van der Waals surface area contributed by atoms with Gasteiger partial charge in [0.15, 0.2) is 5.16 Å². The van der Waals surface area contributed by atoms with Crippen LogP contribution in [0.3, 0.4) is 0 Å².